The maximum Gasteiger partial charge on any atom is 0.358 e. The van der Waals surface area contributed by atoms with Crippen LogP contribution in [0.4, 0.5) is 0 Å². The van der Waals surface area contributed by atoms with Crippen molar-refractivity contribution < 1.29 is 23.8 Å². The summed E-state index contributed by atoms with van der Waals surface area (Å²) in [5.74, 6) is -1.67. The molecule has 6 nitrogen and oxygen atoms in total. The fourth-order valence-electron chi connectivity index (χ4n) is 3.19. The number of rotatable bonds is 6. The number of benzene rings is 2. The van der Waals surface area contributed by atoms with E-state index in [-0.39, 0.29) is 13.2 Å². The lowest BCUT2D eigenvalue weighted by Crippen LogP contribution is -2.46. The Balaban J connectivity index is 2.12. The first-order chi connectivity index (χ1) is 13.7. The molecule has 6 heteroatoms. The Morgan fingerprint density at radius 3 is 2.07 bits per heavy atom. The van der Waals surface area contributed by atoms with E-state index in [1.165, 1.54) is 0 Å². The van der Waals surface area contributed by atoms with E-state index in [0.717, 1.165) is 11.1 Å². The van der Waals surface area contributed by atoms with Crippen LogP contribution in [-0.2, 0) is 23.8 Å². The lowest BCUT2D eigenvalue weighted by Gasteiger charge is -2.33. The number of esters is 2. The first kappa shape index (κ1) is 19.8. The molecule has 0 amide bonds. The van der Waals surface area contributed by atoms with E-state index in [1.54, 1.807) is 13.8 Å². The quantitative estimate of drug-likeness (QED) is 0.719. The second-order valence-corrected chi connectivity index (χ2v) is 6.18. The van der Waals surface area contributed by atoms with Crippen LogP contribution >= 0.6 is 0 Å². The van der Waals surface area contributed by atoms with Crippen molar-refractivity contribution in [3.63, 3.8) is 0 Å². The van der Waals surface area contributed by atoms with Crippen LogP contribution in [0.1, 0.15) is 30.9 Å². The third-order valence-electron chi connectivity index (χ3n) is 4.36. The molecule has 0 aromatic heterocycles. The van der Waals surface area contributed by atoms with Crippen LogP contribution in [0.25, 0.3) is 0 Å². The van der Waals surface area contributed by atoms with E-state index >= 15 is 0 Å². The van der Waals surface area contributed by atoms with Crippen molar-refractivity contribution >= 4 is 17.7 Å². The zero-order valence-corrected chi connectivity index (χ0v) is 15.9. The van der Waals surface area contributed by atoms with Gasteiger partial charge in [0.15, 0.2) is 6.10 Å². The summed E-state index contributed by atoms with van der Waals surface area (Å²) in [5.41, 5.74) is 2.25. The highest BCUT2D eigenvalue weighted by atomic mass is 16.6. The summed E-state index contributed by atoms with van der Waals surface area (Å²) in [6, 6.07) is 18.9. The van der Waals surface area contributed by atoms with Gasteiger partial charge in [0.05, 0.1) is 24.8 Å². The van der Waals surface area contributed by atoms with E-state index in [1.807, 2.05) is 60.7 Å². The van der Waals surface area contributed by atoms with Crippen molar-refractivity contribution in [1.82, 2.24) is 0 Å². The van der Waals surface area contributed by atoms with E-state index in [2.05, 4.69) is 4.99 Å². The number of ether oxygens (including phenoxy) is 3. The lowest BCUT2D eigenvalue weighted by atomic mass is 9.84. The summed E-state index contributed by atoms with van der Waals surface area (Å²) in [7, 11) is 0. The Bertz CT molecular complexity index is 835. The number of carbonyl (C=O) groups is 2. The fraction of sp³-hybridized carbons (Fsp3) is 0.318. The smallest absolute Gasteiger partial charge is 0.358 e. The van der Waals surface area contributed by atoms with Gasteiger partial charge >= 0.3 is 11.9 Å². The molecular weight excluding hydrogens is 358 g/mol. The number of nitrogens with zero attached hydrogens (tertiary/aromatic N) is 1. The molecule has 1 heterocycles. The largest absolute Gasteiger partial charge is 0.464 e. The molecule has 28 heavy (non-hydrogen) atoms. The van der Waals surface area contributed by atoms with Gasteiger partial charge in [0.2, 0.25) is 6.23 Å². The van der Waals surface area contributed by atoms with Crippen LogP contribution in [0.5, 0.6) is 0 Å². The third-order valence-corrected chi connectivity index (χ3v) is 4.36. The van der Waals surface area contributed by atoms with Crippen molar-refractivity contribution in [3.8, 4) is 0 Å². The molecule has 0 radical (unpaired) electrons. The highest BCUT2D eigenvalue weighted by molar-refractivity contribution is 6.09. The molecule has 0 spiro atoms. The van der Waals surface area contributed by atoms with Crippen molar-refractivity contribution in [2.24, 2.45) is 4.99 Å². The predicted octanol–water partition coefficient (Wildman–Crippen LogP) is 3.11. The molecule has 0 N–H and O–H groups in total. The highest BCUT2D eigenvalue weighted by Crippen LogP contribution is 2.33. The molecule has 0 saturated heterocycles. The summed E-state index contributed by atoms with van der Waals surface area (Å²) < 4.78 is 16.1. The van der Waals surface area contributed by atoms with Crippen LogP contribution < -0.4 is 0 Å². The topological polar surface area (TPSA) is 74.2 Å². The molecule has 0 fully saturated rings. The first-order valence-corrected chi connectivity index (χ1v) is 9.32. The van der Waals surface area contributed by atoms with Crippen molar-refractivity contribution in [2.45, 2.75) is 32.1 Å². The molecule has 0 saturated carbocycles. The average molecular weight is 381 g/mol. The number of carbonyl (C=O) groups excluding carboxylic acids is 2. The molecule has 1 aliphatic rings. The van der Waals surface area contributed by atoms with Crippen molar-refractivity contribution in [3.05, 3.63) is 71.8 Å². The zero-order valence-electron chi connectivity index (χ0n) is 15.9. The Morgan fingerprint density at radius 1 is 0.893 bits per heavy atom. The third kappa shape index (κ3) is 4.28. The Kier molecular flexibility index (Phi) is 6.55. The number of hydrogen-bond donors (Lipinski definition) is 0. The summed E-state index contributed by atoms with van der Waals surface area (Å²) >= 11 is 0. The monoisotopic (exact) mass is 381 g/mol. The van der Waals surface area contributed by atoms with Crippen molar-refractivity contribution in [1.29, 1.82) is 0 Å². The lowest BCUT2D eigenvalue weighted by molar-refractivity contribution is -0.173. The van der Waals surface area contributed by atoms with Gasteiger partial charge in [-0.05, 0) is 25.0 Å². The van der Waals surface area contributed by atoms with Gasteiger partial charge in [-0.1, -0.05) is 60.7 Å². The van der Waals surface area contributed by atoms with E-state index < -0.39 is 30.2 Å². The van der Waals surface area contributed by atoms with Gasteiger partial charge < -0.3 is 14.2 Å². The molecule has 0 bridgehead atoms. The minimum absolute atomic E-state index is 0.196. The molecule has 3 rings (SSSR count). The van der Waals surface area contributed by atoms with Gasteiger partial charge in [0.1, 0.15) is 0 Å². The molecule has 146 valence electrons. The van der Waals surface area contributed by atoms with E-state index in [0.29, 0.717) is 5.71 Å². The second kappa shape index (κ2) is 9.28. The molecule has 0 unspecified atom stereocenters. The average Bonchev–Trinajstić information content (AvgIpc) is 2.74. The first-order valence-electron chi connectivity index (χ1n) is 9.32. The molecule has 2 aromatic carbocycles. The molecule has 3 atom stereocenters. The minimum Gasteiger partial charge on any atom is -0.464 e. The summed E-state index contributed by atoms with van der Waals surface area (Å²) in [6.07, 6.45) is -2.23. The summed E-state index contributed by atoms with van der Waals surface area (Å²) in [5, 5.41) is 0. The summed E-state index contributed by atoms with van der Waals surface area (Å²) in [4.78, 5) is 29.6. The highest BCUT2D eigenvalue weighted by Gasteiger charge is 2.43. The van der Waals surface area contributed by atoms with Gasteiger partial charge in [0.25, 0.3) is 0 Å². The number of aliphatic imine (C=N–C) groups is 1. The Labute approximate surface area is 164 Å². The number of hydrogen-bond acceptors (Lipinski definition) is 6. The standard InChI is InChI=1S/C22H23NO5/c1-3-26-21(24)19-17(15-11-7-5-8-12-15)18(16-13-9-6-10-14-16)23-20(28-19)22(25)27-4-2/h5-14,17,19-20H,3-4H2,1-2H3/t17-,19+,20-/m1/s1. The van der Waals surface area contributed by atoms with E-state index in [4.69, 9.17) is 14.2 Å². The Morgan fingerprint density at radius 2 is 1.46 bits per heavy atom. The van der Waals surface area contributed by atoms with E-state index in [9.17, 15) is 9.59 Å². The predicted molar refractivity (Wildman–Crippen MR) is 104 cm³/mol. The molecular formula is C22H23NO5. The van der Waals surface area contributed by atoms with Gasteiger partial charge in [0, 0.05) is 0 Å². The van der Waals surface area contributed by atoms with Gasteiger partial charge in [-0.25, -0.2) is 14.6 Å². The van der Waals surface area contributed by atoms with Crippen LogP contribution in [0.15, 0.2) is 65.7 Å². The summed E-state index contributed by atoms with van der Waals surface area (Å²) in [6.45, 7) is 3.84. The van der Waals surface area contributed by atoms with Crippen LogP contribution in [0, 0.1) is 0 Å². The van der Waals surface area contributed by atoms with Crippen molar-refractivity contribution in [2.75, 3.05) is 13.2 Å². The van der Waals surface area contributed by atoms with Crippen LogP contribution in [-0.4, -0.2) is 43.2 Å². The van der Waals surface area contributed by atoms with Gasteiger partial charge in [-0.2, -0.15) is 0 Å². The fourth-order valence-corrected chi connectivity index (χ4v) is 3.19. The maximum atomic E-state index is 12.7. The maximum absolute atomic E-state index is 12.7. The SMILES string of the molecule is CCOC(=O)[C@@H]1N=C(c2ccccc2)[C@@H](c2ccccc2)[C@@H](C(=O)OCC)O1. The minimum atomic E-state index is -1.22. The Hall–Kier alpha value is -2.99. The molecule has 1 aliphatic heterocycles. The van der Waals surface area contributed by atoms with Crippen LogP contribution in [0.2, 0.25) is 0 Å². The molecule has 2 aromatic rings. The van der Waals surface area contributed by atoms with Crippen LogP contribution in [0.3, 0.4) is 0 Å². The molecule has 0 aliphatic carbocycles. The normalized spacial score (nSPS) is 21.5. The zero-order chi connectivity index (χ0) is 19.9. The van der Waals surface area contributed by atoms with Gasteiger partial charge in [-0.3, -0.25) is 0 Å². The van der Waals surface area contributed by atoms with Gasteiger partial charge in [-0.15, -0.1) is 0 Å². The second-order valence-electron chi connectivity index (χ2n) is 6.18.